The number of benzene rings is 2. The van der Waals surface area contributed by atoms with Crippen LogP contribution in [-0.2, 0) is 16.1 Å². The largest absolute Gasteiger partial charge is 0.493 e. The molecule has 6 nitrogen and oxygen atoms in total. The Labute approximate surface area is 157 Å². The molecule has 0 bridgehead atoms. The van der Waals surface area contributed by atoms with Crippen LogP contribution in [-0.4, -0.2) is 43.5 Å². The van der Waals surface area contributed by atoms with Gasteiger partial charge >= 0.3 is 0 Å². The number of nitrogens with one attached hydrogen (secondary N) is 1. The quantitative estimate of drug-likeness (QED) is 0.732. The Morgan fingerprint density at radius 3 is 2.37 bits per heavy atom. The van der Waals surface area contributed by atoms with Gasteiger partial charge in [0.05, 0.1) is 13.7 Å². The standard InChI is InChI=1S/C20H23FN2O4/c1-3-23(13-19(24)22-12-15-8-10-16(21)11-9-15)20(25)14-27-18-7-5-4-6-17(18)26-2/h4-11H,3,12-14H2,1-2H3,(H,22,24). The molecule has 144 valence electrons. The molecule has 0 aliphatic heterocycles. The van der Waals surface area contributed by atoms with Crippen molar-refractivity contribution in [3.8, 4) is 11.5 Å². The van der Waals surface area contributed by atoms with Gasteiger partial charge < -0.3 is 19.7 Å². The molecule has 0 saturated carbocycles. The molecule has 27 heavy (non-hydrogen) atoms. The highest BCUT2D eigenvalue weighted by molar-refractivity contribution is 5.85. The first kappa shape index (κ1) is 20.2. The van der Waals surface area contributed by atoms with Gasteiger partial charge in [-0.2, -0.15) is 0 Å². The predicted molar refractivity (Wildman–Crippen MR) is 99.0 cm³/mol. The van der Waals surface area contributed by atoms with Crippen LogP contribution in [0.3, 0.4) is 0 Å². The maximum atomic E-state index is 12.9. The van der Waals surface area contributed by atoms with Crippen LogP contribution in [0.5, 0.6) is 11.5 Å². The topological polar surface area (TPSA) is 67.9 Å². The minimum atomic E-state index is -0.331. The molecule has 0 spiro atoms. The number of nitrogens with zero attached hydrogens (tertiary/aromatic N) is 1. The van der Waals surface area contributed by atoms with Gasteiger partial charge in [-0.3, -0.25) is 9.59 Å². The second kappa shape index (κ2) is 10.2. The van der Waals surface area contributed by atoms with Crippen molar-refractivity contribution >= 4 is 11.8 Å². The van der Waals surface area contributed by atoms with Gasteiger partial charge in [-0.15, -0.1) is 0 Å². The molecule has 0 saturated heterocycles. The number of hydrogen-bond acceptors (Lipinski definition) is 4. The number of ether oxygens (including phenoxy) is 2. The monoisotopic (exact) mass is 374 g/mol. The minimum Gasteiger partial charge on any atom is -0.493 e. The van der Waals surface area contributed by atoms with Gasteiger partial charge in [-0.1, -0.05) is 24.3 Å². The van der Waals surface area contributed by atoms with Gasteiger partial charge in [0.15, 0.2) is 18.1 Å². The van der Waals surface area contributed by atoms with Gasteiger partial charge in [-0.25, -0.2) is 4.39 Å². The van der Waals surface area contributed by atoms with Crippen molar-refractivity contribution in [1.29, 1.82) is 0 Å². The first-order valence-corrected chi connectivity index (χ1v) is 8.58. The number of rotatable bonds is 9. The van der Waals surface area contributed by atoms with E-state index in [1.165, 1.54) is 24.1 Å². The number of para-hydroxylation sites is 2. The highest BCUT2D eigenvalue weighted by atomic mass is 19.1. The van der Waals surface area contributed by atoms with E-state index >= 15 is 0 Å². The normalized spacial score (nSPS) is 10.2. The number of likely N-dealkylation sites (N-methyl/N-ethyl adjacent to an activating group) is 1. The fourth-order valence-electron chi connectivity index (χ4n) is 2.38. The summed E-state index contributed by atoms with van der Waals surface area (Å²) in [5.41, 5.74) is 0.777. The lowest BCUT2D eigenvalue weighted by Gasteiger charge is -2.21. The lowest BCUT2D eigenvalue weighted by molar-refractivity contribution is -0.137. The van der Waals surface area contributed by atoms with E-state index in [0.29, 0.717) is 18.0 Å². The van der Waals surface area contributed by atoms with Crippen LogP contribution < -0.4 is 14.8 Å². The van der Waals surface area contributed by atoms with Crippen LogP contribution in [0.15, 0.2) is 48.5 Å². The smallest absolute Gasteiger partial charge is 0.260 e. The lowest BCUT2D eigenvalue weighted by atomic mass is 10.2. The molecule has 0 fully saturated rings. The highest BCUT2D eigenvalue weighted by Gasteiger charge is 2.17. The summed E-state index contributed by atoms with van der Waals surface area (Å²) in [7, 11) is 1.52. The van der Waals surface area contributed by atoms with E-state index in [1.807, 2.05) is 0 Å². The summed E-state index contributed by atoms with van der Waals surface area (Å²) in [6, 6.07) is 12.9. The van der Waals surface area contributed by atoms with Crippen molar-refractivity contribution in [2.75, 3.05) is 26.8 Å². The second-order valence-corrected chi connectivity index (χ2v) is 5.75. The summed E-state index contributed by atoms with van der Waals surface area (Å²) >= 11 is 0. The number of methoxy groups -OCH3 is 1. The maximum Gasteiger partial charge on any atom is 0.260 e. The summed E-state index contributed by atoms with van der Waals surface area (Å²) in [5, 5.41) is 2.71. The van der Waals surface area contributed by atoms with E-state index in [9.17, 15) is 14.0 Å². The van der Waals surface area contributed by atoms with Crippen molar-refractivity contribution < 1.29 is 23.5 Å². The Bertz CT molecular complexity index is 765. The molecule has 0 unspecified atom stereocenters. The SMILES string of the molecule is CCN(CC(=O)NCc1ccc(F)cc1)C(=O)COc1ccccc1OC. The zero-order chi connectivity index (χ0) is 19.6. The van der Waals surface area contributed by atoms with Crippen molar-refractivity contribution in [2.45, 2.75) is 13.5 Å². The first-order chi connectivity index (χ1) is 13.0. The molecular formula is C20H23FN2O4. The van der Waals surface area contributed by atoms with Crippen molar-refractivity contribution in [2.24, 2.45) is 0 Å². The van der Waals surface area contributed by atoms with Crippen molar-refractivity contribution in [3.63, 3.8) is 0 Å². The third-order valence-electron chi connectivity index (χ3n) is 3.89. The number of carbonyl (C=O) groups is 2. The first-order valence-electron chi connectivity index (χ1n) is 8.58. The molecule has 1 N–H and O–H groups in total. The molecule has 7 heteroatoms. The fourth-order valence-corrected chi connectivity index (χ4v) is 2.38. The summed E-state index contributed by atoms with van der Waals surface area (Å²) < 4.78 is 23.6. The van der Waals surface area contributed by atoms with E-state index in [4.69, 9.17) is 9.47 Å². The zero-order valence-corrected chi connectivity index (χ0v) is 15.4. The van der Waals surface area contributed by atoms with E-state index in [2.05, 4.69) is 5.32 Å². The van der Waals surface area contributed by atoms with Crippen molar-refractivity contribution in [1.82, 2.24) is 10.2 Å². The summed E-state index contributed by atoms with van der Waals surface area (Å²) in [6.07, 6.45) is 0. The molecule has 2 amide bonds. The molecule has 0 aliphatic carbocycles. The van der Waals surface area contributed by atoms with Crippen LogP contribution in [0.1, 0.15) is 12.5 Å². The van der Waals surface area contributed by atoms with Crippen molar-refractivity contribution in [3.05, 3.63) is 59.9 Å². The maximum absolute atomic E-state index is 12.9. The fraction of sp³-hybridized carbons (Fsp3) is 0.300. The van der Waals surface area contributed by atoms with Crippen LogP contribution in [0, 0.1) is 5.82 Å². The summed E-state index contributed by atoms with van der Waals surface area (Å²) in [5.74, 6) is 0.0607. The van der Waals surface area contributed by atoms with Crippen LogP contribution >= 0.6 is 0 Å². The summed E-state index contributed by atoms with van der Waals surface area (Å²) in [4.78, 5) is 25.8. The summed E-state index contributed by atoms with van der Waals surface area (Å²) in [6.45, 7) is 2.15. The molecule has 0 heterocycles. The van der Waals surface area contributed by atoms with Gasteiger partial charge in [0.25, 0.3) is 5.91 Å². The predicted octanol–water partition coefficient (Wildman–Crippen LogP) is 2.38. The highest BCUT2D eigenvalue weighted by Crippen LogP contribution is 2.25. The van der Waals surface area contributed by atoms with E-state index in [-0.39, 0.29) is 37.3 Å². The molecule has 2 rings (SSSR count). The Kier molecular flexibility index (Phi) is 7.61. The Balaban J connectivity index is 1.83. The molecule has 2 aromatic carbocycles. The van der Waals surface area contributed by atoms with Gasteiger partial charge in [0, 0.05) is 13.1 Å². The average molecular weight is 374 g/mol. The molecule has 0 aliphatic rings. The van der Waals surface area contributed by atoms with E-state index < -0.39 is 0 Å². The van der Waals surface area contributed by atoms with Crippen LogP contribution in [0.25, 0.3) is 0 Å². The number of amides is 2. The van der Waals surface area contributed by atoms with Crippen LogP contribution in [0.4, 0.5) is 4.39 Å². The minimum absolute atomic E-state index is 0.0776. The van der Waals surface area contributed by atoms with Crippen LogP contribution in [0.2, 0.25) is 0 Å². The zero-order valence-electron chi connectivity index (χ0n) is 15.4. The molecular weight excluding hydrogens is 351 g/mol. The molecule has 0 atom stereocenters. The number of hydrogen-bond donors (Lipinski definition) is 1. The van der Waals surface area contributed by atoms with E-state index in [0.717, 1.165) is 5.56 Å². The third kappa shape index (κ3) is 6.29. The number of carbonyl (C=O) groups excluding carboxylic acids is 2. The van der Waals surface area contributed by atoms with E-state index in [1.54, 1.807) is 43.3 Å². The third-order valence-corrected chi connectivity index (χ3v) is 3.89. The Morgan fingerprint density at radius 2 is 1.74 bits per heavy atom. The Hall–Kier alpha value is -3.09. The van der Waals surface area contributed by atoms with Gasteiger partial charge in [0.2, 0.25) is 5.91 Å². The second-order valence-electron chi connectivity index (χ2n) is 5.75. The molecule has 2 aromatic rings. The number of halogens is 1. The Morgan fingerprint density at radius 1 is 1.07 bits per heavy atom. The average Bonchev–Trinajstić information content (AvgIpc) is 2.70. The lowest BCUT2D eigenvalue weighted by Crippen LogP contribution is -2.42. The van der Waals surface area contributed by atoms with Gasteiger partial charge in [0.1, 0.15) is 5.82 Å². The molecule has 0 radical (unpaired) electrons. The van der Waals surface area contributed by atoms with Gasteiger partial charge in [-0.05, 0) is 36.8 Å². The molecule has 0 aromatic heterocycles.